The monoisotopic (exact) mass is 419 g/mol. The van der Waals surface area contributed by atoms with Crippen LogP contribution in [-0.4, -0.2) is 89.0 Å². The maximum Gasteiger partial charge on any atom is 0.274 e. The predicted octanol–water partition coefficient (Wildman–Crippen LogP) is 2.56. The van der Waals surface area contributed by atoms with E-state index in [1.165, 1.54) is 0 Å². The molecule has 0 N–H and O–H groups in total. The lowest BCUT2D eigenvalue weighted by atomic mass is 10.1. The van der Waals surface area contributed by atoms with Gasteiger partial charge in [-0.15, -0.1) is 11.3 Å². The Morgan fingerprint density at radius 2 is 2.14 bits per heavy atom. The number of thiazole rings is 1. The van der Waals surface area contributed by atoms with E-state index in [1.807, 2.05) is 16.5 Å². The van der Waals surface area contributed by atoms with E-state index in [9.17, 15) is 4.79 Å². The number of hydrogen-bond acceptors (Lipinski definition) is 6. The van der Waals surface area contributed by atoms with Gasteiger partial charge in [-0.2, -0.15) is 0 Å². The first-order valence-electron chi connectivity index (χ1n) is 10.9. The lowest BCUT2D eigenvalue weighted by molar-refractivity contribution is -0.00264. The molecule has 2 aliphatic heterocycles. The van der Waals surface area contributed by atoms with E-state index in [0.29, 0.717) is 11.8 Å². The van der Waals surface area contributed by atoms with E-state index < -0.39 is 0 Å². The van der Waals surface area contributed by atoms with Gasteiger partial charge in [-0.25, -0.2) is 4.98 Å². The number of fused-ring (bicyclic) bond motifs is 1. The van der Waals surface area contributed by atoms with Gasteiger partial charge in [0.1, 0.15) is 0 Å². The summed E-state index contributed by atoms with van der Waals surface area (Å²) < 4.78 is 8.12. The van der Waals surface area contributed by atoms with Crippen LogP contribution in [0.1, 0.15) is 48.8 Å². The molecule has 0 saturated carbocycles. The van der Waals surface area contributed by atoms with Crippen LogP contribution in [-0.2, 0) is 11.3 Å². The van der Waals surface area contributed by atoms with Gasteiger partial charge in [0.05, 0.1) is 11.8 Å². The van der Waals surface area contributed by atoms with E-state index in [2.05, 4.69) is 28.2 Å². The standard InChI is InChI=1S/C21H33N5O2S/c1-3-13-28-17-6-4-8-24(15-17)16-18-19(22-21-26(18)12-14-29-21)20(27)25-9-5-7-23(2)10-11-25/h12,14,17H,3-11,13,15-16H2,1-2H3. The second-order valence-electron chi connectivity index (χ2n) is 8.28. The number of aromatic nitrogens is 2. The van der Waals surface area contributed by atoms with Crippen LogP contribution in [0, 0.1) is 0 Å². The average Bonchev–Trinajstić information content (AvgIpc) is 3.24. The molecule has 4 heterocycles. The van der Waals surface area contributed by atoms with Crippen LogP contribution in [0.3, 0.4) is 0 Å². The highest BCUT2D eigenvalue weighted by Crippen LogP contribution is 2.23. The van der Waals surface area contributed by atoms with Crippen LogP contribution >= 0.6 is 11.3 Å². The van der Waals surface area contributed by atoms with Gasteiger partial charge < -0.3 is 14.5 Å². The minimum Gasteiger partial charge on any atom is -0.377 e. The molecule has 0 aromatic carbocycles. The molecule has 0 radical (unpaired) electrons. The Hall–Kier alpha value is -1.48. The first-order valence-corrected chi connectivity index (χ1v) is 11.8. The summed E-state index contributed by atoms with van der Waals surface area (Å²) in [4.78, 5) is 25.8. The van der Waals surface area contributed by atoms with Crippen molar-refractivity contribution in [3.63, 3.8) is 0 Å². The molecule has 2 aromatic rings. The second kappa shape index (κ2) is 9.55. The molecular weight excluding hydrogens is 386 g/mol. The van der Waals surface area contributed by atoms with Gasteiger partial charge in [0.15, 0.2) is 10.7 Å². The molecule has 2 fully saturated rings. The Kier molecular flexibility index (Phi) is 6.85. The van der Waals surface area contributed by atoms with Crippen LogP contribution in [0.15, 0.2) is 11.6 Å². The van der Waals surface area contributed by atoms with Crippen molar-refractivity contribution in [2.24, 2.45) is 0 Å². The summed E-state index contributed by atoms with van der Waals surface area (Å²) >= 11 is 1.59. The molecule has 29 heavy (non-hydrogen) atoms. The molecular formula is C21H33N5O2S. The molecule has 4 rings (SSSR count). The molecule has 8 heteroatoms. The third kappa shape index (κ3) is 4.82. The smallest absolute Gasteiger partial charge is 0.274 e. The number of likely N-dealkylation sites (N-methyl/N-ethyl adjacent to an activating group) is 1. The van der Waals surface area contributed by atoms with E-state index in [0.717, 1.165) is 88.8 Å². The van der Waals surface area contributed by atoms with Crippen molar-refractivity contribution < 1.29 is 9.53 Å². The topological polar surface area (TPSA) is 53.3 Å². The summed E-state index contributed by atoms with van der Waals surface area (Å²) in [6.45, 7) is 9.25. The summed E-state index contributed by atoms with van der Waals surface area (Å²) in [5.74, 6) is 0.0852. The fraction of sp³-hybridized carbons (Fsp3) is 0.714. The quantitative estimate of drug-likeness (QED) is 0.720. The van der Waals surface area contributed by atoms with Gasteiger partial charge >= 0.3 is 0 Å². The minimum atomic E-state index is 0.0852. The largest absolute Gasteiger partial charge is 0.377 e. The Balaban J connectivity index is 1.52. The fourth-order valence-corrected chi connectivity index (χ4v) is 5.08. The molecule has 2 aromatic heterocycles. The summed E-state index contributed by atoms with van der Waals surface area (Å²) in [5.41, 5.74) is 1.66. The van der Waals surface area contributed by atoms with Crippen LogP contribution in [0.5, 0.6) is 0 Å². The van der Waals surface area contributed by atoms with Crippen molar-refractivity contribution in [2.75, 3.05) is 52.9 Å². The van der Waals surface area contributed by atoms with Crippen molar-refractivity contribution in [1.29, 1.82) is 0 Å². The third-order valence-corrected chi connectivity index (χ3v) is 6.72. The normalized spacial score (nSPS) is 22.3. The Bertz CT molecular complexity index is 819. The maximum absolute atomic E-state index is 13.4. The number of ether oxygens (including phenoxy) is 1. The number of piperidine rings is 1. The van der Waals surface area contributed by atoms with Crippen molar-refractivity contribution in [3.8, 4) is 0 Å². The Morgan fingerprint density at radius 3 is 3.00 bits per heavy atom. The lowest BCUT2D eigenvalue weighted by Crippen LogP contribution is -2.40. The van der Waals surface area contributed by atoms with Crippen molar-refractivity contribution in [1.82, 2.24) is 24.1 Å². The molecule has 0 aliphatic carbocycles. The molecule has 0 spiro atoms. The lowest BCUT2D eigenvalue weighted by Gasteiger charge is -2.32. The van der Waals surface area contributed by atoms with Crippen LogP contribution in [0.4, 0.5) is 0 Å². The van der Waals surface area contributed by atoms with Crippen molar-refractivity contribution in [3.05, 3.63) is 23.0 Å². The molecule has 7 nitrogen and oxygen atoms in total. The summed E-state index contributed by atoms with van der Waals surface area (Å²) in [5, 5.41) is 2.05. The fourth-order valence-electron chi connectivity index (χ4n) is 4.34. The zero-order valence-electron chi connectivity index (χ0n) is 17.7. The zero-order chi connectivity index (χ0) is 20.2. The molecule has 0 bridgehead atoms. The summed E-state index contributed by atoms with van der Waals surface area (Å²) in [6.07, 6.45) is 6.69. The first kappa shape index (κ1) is 20.8. The third-order valence-electron chi connectivity index (χ3n) is 5.96. The first-order chi connectivity index (χ1) is 14.2. The number of nitrogens with zero attached hydrogens (tertiary/aromatic N) is 5. The molecule has 2 saturated heterocycles. The van der Waals surface area contributed by atoms with Gasteiger partial charge in [-0.05, 0) is 45.8 Å². The van der Waals surface area contributed by atoms with Crippen LogP contribution in [0.25, 0.3) is 4.96 Å². The van der Waals surface area contributed by atoms with E-state index in [-0.39, 0.29) is 5.91 Å². The van der Waals surface area contributed by atoms with E-state index in [4.69, 9.17) is 9.72 Å². The molecule has 1 unspecified atom stereocenters. The van der Waals surface area contributed by atoms with E-state index in [1.54, 1.807) is 11.3 Å². The SMILES string of the molecule is CCCOC1CCCN(Cc2c(C(=O)N3CCCN(C)CC3)nc3sccn23)C1. The average molecular weight is 420 g/mol. The van der Waals surface area contributed by atoms with Gasteiger partial charge in [0.2, 0.25) is 0 Å². The van der Waals surface area contributed by atoms with Crippen LogP contribution in [0.2, 0.25) is 0 Å². The van der Waals surface area contributed by atoms with Crippen molar-refractivity contribution in [2.45, 2.75) is 45.3 Å². The van der Waals surface area contributed by atoms with Gasteiger partial charge in [-0.1, -0.05) is 6.92 Å². The minimum absolute atomic E-state index is 0.0852. The predicted molar refractivity (Wildman–Crippen MR) is 116 cm³/mol. The Morgan fingerprint density at radius 1 is 1.24 bits per heavy atom. The highest BCUT2D eigenvalue weighted by molar-refractivity contribution is 7.15. The number of likely N-dealkylation sites (tertiary alicyclic amines) is 1. The molecule has 1 amide bonds. The van der Waals surface area contributed by atoms with Crippen molar-refractivity contribution >= 4 is 22.2 Å². The summed E-state index contributed by atoms with van der Waals surface area (Å²) in [6, 6.07) is 0. The number of imidazole rings is 1. The number of amides is 1. The maximum atomic E-state index is 13.4. The summed E-state index contributed by atoms with van der Waals surface area (Å²) in [7, 11) is 2.12. The zero-order valence-corrected chi connectivity index (χ0v) is 18.5. The number of rotatable bonds is 6. The van der Waals surface area contributed by atoms with Gasteiger partial charge in [0, 0.05) is 50.9 Å². The second-order valence-corrected chi connectivity index (χ2v) is 9.15. The molecule has 2 aliphatic rings. The molecule has 1 atom stereocenters. The van der Waals surface area contributed by atoms with Crippen LogP contribution < -0.4 is 0 Å². The van der Waals surface area contributed by atoms with E-state index >= 15 is 0 Å². The van der Waals surface area contributed by atoms with Gasteiger partial charge in [0.25, 0.3) is 5.91 Å². The highest BCUT2D eigenvalue weighted by Gasteiger charge is 2.28. The van der Waals surface area contributed by atoms with Gasteiger partial charge in [-0.3, -0.25) is 14.1 Å². The Labute approximate surface area is 177 Å². The number of hydrogen-bond donors (Lipinski definition) is 0. The molecule has 160 valence electrons. The highest BCUT2D eigenvalue weighted by atomic mass is 32.1. The number of carbonyl (C=O) groups is 1. The number of carbonyl (C=O) groups excluding carboxylic acids is 1.